The molecular formula is C19H25NO3. The summed E-state index contributed by atoms with van der Waals surface area (Å²) in [6.45, 7) is 5.69. The first-order valence-corrected chi connectivity index (χ1v) is 7.87. The van der Waals surface area contributed by atoms with Crippen LogP contribution in [0.1, 0.15) is 30.9 Å². The van der Waals surface area contributed by atoms with Crippen LogP contribution in [-0.4, -0.2) is 20.3 Å². The number of hydrogen-bond acceptors (Lipinski definition) is 4. The predicted octanol–water partition coefficient (Wildman–Crippen LogP) is 3.74. The van der Waals surface area contributed by atoms with Crippen molar-refractivity contribution in [2.75, 3.05) is 20.3 Å². The Hall–Kier alpha value is -2.20. The molecule has 0 aliphatic carbocycles. The Morgan fingerprint density at radius 2 is 1.61 bits per heavy atom. The van der Waals surface area contributed by atoms with E-state index in [0.717, 1.165) is 11.3 Å². The number of nitrogens with two attached hydrogens (primary N) is 1. The van der Waals surface area contributed by atoms with Crippen molar-refractivity contribution < 1.29 is 14.2 Å². The molecule has 0 heterocycles. The number of benzene rings is 2. The zero-order chi connectivity index (χ0) is 16.7. The van der Waals surface area contributed by atoms with Crippen molar-refractivity contribution >= 4 is 0 Å². The highest BCUT2D eigenvalue weighted by Gasteiger charge is 2.08. The summed E-state index contributed by atoms with van der Waals surface area (Å²) in [7, 11) is 1.62. The molecular weight excluding hydrogens is 290 g/mol. The van der Waals surface area contributed by atoms with Crippen LogP contribution in [0.4, 0.5) is 0 Å². The van der Waals surface area contributed by atoms with Crippen molar-refractivity contribution in [3.63, 3.8) is 0 Å². The smallest absolute Gasteiger partial charge is 0.161 e. The molecule has 0 aromatic heterocycles. The van der Waals surface area contributed by atoms with Gasteiger partial charge in [-0.3, -0.25) is 0 Å². The molecule has 2 rings (SSSR count). The maximum Gasteiger partial charge on any atom is 0.161 e. The number of ether oxygens (including phenoxy) is 3. The molecule has 4 nitrogen and oxygen atoms in total. The van der Waals surface area contributed by atoms with E-state index in [4.69, 9.17) is 19.9 Å². The topological polar surface area (TPSA) is 53.7 Å². The lowest BCUT2D eigenvalue weighted by Crippen LogP contribution is -2.11. The van der Waals surface area contributed by atoms with Crippen LogP contribution in [0.25, 0.3) is 0 Å². The van der Waals surface area contributed by atoms with Crippen LogP contribution in [0.2, 0.25) is 0 Å². The number of hydrogen-bond donors (Lipinski definition) is 1. The maximum absolute atomic E-state index is 5.86. The minimum absolute atomic E-state index is 0.424. The third kappa shape index (κ3) is 4.63. The Labute approximate surface area is 138 Å². The number of para-hydroxylation sites is 1. The van der Waals surface area contributed by atoms with Gasteiger partial charge in [-0.25, -0.2) is 0 Å². The molecule has 0 saturated carbocycles. The highest BCUT2D eigenvalue weighted by molar-refractivity contribution is 5.43. The average molecular weight is 315 g/mol. The van der Waals surface area contributed by atoms with E-state index in [-0.39, 0.29) is 0 Å². The van der Waals surface area contributed by atoms with Crippen LogP contribution in [-0.2, 0) is 6.54 Å². The predicted molar refractivity (Wildman–Crippen MR) is 92.4 cm³/mol. The van der Waals surface area contributed by atoms with Crippen molar-refractivity contribution in [1.82, 2.24) is 0 Å². The Balaban J connectivity index is 1.93. The largest absolute Gasteiger partial charge is 0.493 e. The third-order valence-corrected chi connectivity index (χ3v) is 3.60. The van der Waals surface area contributed by atoms with Gasteiger partial charge in [0.15, 0.2) is 11.5 Å². The lowest BCUT2D eigenvalue weighted by Gasteiger charge is -2.15. The molecule has 0 atom stereocenters. The molecule has 0 amide bonds. The van der Waals surface area contributed by atoms with Gasteiger partial charge < -0.3 is 19.9 Å². The molecule has 0 bridgehead atoms. The number of methoxy groups -OCH3 is 1. The van der Waals surface area contributed by atoms with Gasteiger partial charge in [0.25, 0.3) is 0 Å². The van der Waals surface area contributed by atoms with Gasteiger partial charge >= 0.3 is 0 Å². The molecule has 0 aliphatic rings. The second-order valence-electron chi connectivity index (χ2n) is 5.58. The van der Waals surface area contributed by atoms with E-state index in [1.807, 2.05) is 36.4 Å². The third-order valence-electron chi connectivity index (χ3n) is 3.60. The van der Waals surface area contributed by atoms with Gasteiger partial charge in [0.05, 0.1) is 7.11 Å². The lowest BCUT2D eigenvalue weighted by molar-refractivity contribution is 0.209. The van der Waals surface area contributed by atoms with E-state index in [1.54, 1.807) is 7.11 Å². The Bertz CT molecular complexity index is 626. The summed E-state index contributed by atoms with van der Waals surface area (Å²) in [5.74, 6) is 2.73. The van der Waals surface area contributed by atoms with Crippen LogP contribution in [0.3, 0.4) is 0 Å². The van der Waals surface area contributed by atoms with E-state index < -0.39 is 0 Å². The van der Waals surface area contributed by atoms with Crippen molar-refractivity contribution in [2.24, 2.45) is 5.73 Å². The van der Waals surface area contributed by atoms with Crippen molar-refractivity contribution in [2.45, 2.75) is 26.3 Å². The van der Waals surface area contributed by atoms with E-state index in [1.165, 1.54) is 5.56 Å². The summed E-state index contributed by atoms with van der Waals surface area (Å²) in [4.78, 5) is 0. The van der Waals surface area contributed by atoms with Gasteiger partial charge in [-0.2, -0.15) is 0 Å². The number of rotatable bonds is 8. The highest BCUT2D eigenvalue weighted by atomic mass is 16.5. The summed E-state index contributed by atoms with van der Waals surface area (Å²) in [5, 5.41) is 0. The van der Waals surface area contributed by atoms with Crippen LogP contribution in [0.5, 0.6) is 17.2 Å². The molecule has 0 fully saturated rings. The second kappa shape index (κ2) is 8.44. The molecule has 0 unspecified atom stereocenters. The Morgan fingerprint density at radius 3 is 2.26 bits per heavy atom. The zero-order valence-corrected chi connectivity index (χ0v) is 14.0. The minimum atomic E-state index is 0.424. The highest BCUT2D eigenvalue weighted by Crippen LogP contribution is 2.28. The second-order valence-corrected chi connectivity index (χ2v) is 5.58. The normalized spacial score (nSPS) is 10.7. The Morgan fingerprint density at radius 1 is 0.913 bits per heavy atom. The van der Waals surface area contributed by atoms with E-state index in [2.05, 4.69) is 19.9 Å². The van der Waals surface area contributed by atoms with E-state index in [9.17, 15) is 0 Å². The summed E-state index contributed by atoms with van der Waals surface area (Å²) in [6, 6.07) is 13.8. The standard InChI is InChI=1S/C19H25NO3/c1-14(2)16-6-4-5-7-17(16)22-10-11-23-19-12-15(13-20)8-9-18(19)21-3/h4-9,12,14H,10-11,13,20H2,1-3H3. The van der Waals surface area contributed by atoms with Crippen LogP contribution in [0, 0.1) is 0 Å². The molecule has 2 aromatic rings. The SMILES string of the molecule is COc1ccc(CN)cc1OCCOc1ccccc1C(C)C. The lowest BCUT2D eigenvalue weighted by atomic mass is 10.0. The first kappa shape index (κ1) is 17.2. The molecule has 2 aromatic carbocycles. The zero-order valence-electron chi connectivity index (χ0n) is 14.0. The summed E-state index contributed by atoms with van der Waals surface area (Å²) in [6.07, 6.45) is 0. The van der Waals surface area contributed by atoms with Crippen molar-refractivity contribution in [3.8, 4) is 17.2 Å². The fourth-order valence-corrected chi connectivity index (χ4v) is 2.35. The van der Waals surface area contributed by atoms with E-state index >= 15 is 0 Å². The molecule has 0 radical (unpaired) electrons. The molecule has 0 aliphatic heterocycles. The van der Waals surface area contributed by atoms with Gasteiger partial charge in [0.1, 0.15) is 19.0 Å². The summed E-state index contributed by atoms with van der Waals surface area (Å²) >= 11 is 0. The van der Waals surface area contributed by atoms with Crippen LogP contribution >= 0.6 is 0 Å². The molecule has 2 N–H and O–H groups in total. The molecule has 4 heteroatoms. The first-order chi connectivity index (χ1) is 11.2. The Kier molecular flexibility index (Phi) is 6.29. The van der Waals surface area contributed by atoms with Gasteiger partial charge in [-0.1, -0.05) is 38.1 Å². The van der Waals surface area contributed by atoms with Crippen molar-refractivity contribution in [1.29, 1.82) is 0 Å². The molecule has 0 spiro atoms. The first-order valence-electron chi connectivity index (χ1n) is 7.87. The average Bonchev–Trinajstić information content (AvgIpc) is 2.58. The fourth-order valence-electron chi connectivity index (χ4n) is 2.35. The minimum Gasteiger partial charge on any atom is -0.493 e. The van der Waals surface area contributed by atoms with Gasteiger partial charge in [0.2, 0.25) is 0 Å². The van der Waals surface area contributed by atoms with E-state index in [0.29, 0.717) is 37.2 Å². The van der Waals surface area contributed by atoms with Gasteiger partial charge in [0, 0.05) is 6.54 Å². The molecule has 0 saturated heterocycles. The monoisotopic (exact) mass is 315 g/mol. The molecule has 124 valence electrons. The van der Waals surface area contributed by atoms with Crippen molar-refractivity contribution in [3.05, 3.63) is 53.6 Å². The fraction of sp³-hybridized carbons (Fsp3) is 0.368. The van der Waals surface area contributed by atoms with Gasteiger partial charge in [-0.05, 0) is 35.2 Å². The van der Waals surface area contributed by atoms with Crippen LogP contribution < -0.4 is 19.9 Å². The van der Waals surface area contributed by atoms with Crippen LogP contribution in [0.15, 0.2) is 42.5 Å². The van der Waals surface area contributed by atoms with Gasteiger partial charge in [-0.15, -0.1) is 0 Å². The molecule has 23 heavy (non-hydrogen) atoms. The quantitative estimate of drug-likeness (QED) is 0.754. The maximum atomic E-state index is 5.86. The summed E-state index contributed by atoms with van der Waals surface area (Å²) < 4.78 is 17.0. The summed E-state index contributed by atoms with van der Waals surface area (Å²) in [5.41, 5.74) is 7.88.